The standard InChI is InChI=1S/C14H24N2O/c1-10(2)13-9-16(15-14(13)11(3)4)12-5-7-17-8-6-12/h9-12H,5-8H2,1-4H3. The summed E-state index contributed by atoms with van der Waals surface area (Å²) in [5, 5.41) is 4.82. The van der Waals surface area contributed by atoms with Gasteiger partial charge in [0.25, 0.3) is 0 Å². The number of hydrogen-bond donors (Lipinski definition) is 0. The van der Waals surface area contributed by atoms with Crippen molar-refractivity contribution in [3.63, 3.8) is 0 Å². The molecule has 2 heterocycles. The summed E-state index contributed by atoms with van der Waals surface area (Å²) in [6.07, 6.45) is 4.45. The quantitative estimate of drug-likeness (QED) is 0.803. The van der Waals surface area contributed by atoms with Crippen LogP contribution in [-0.2, 0) is 4.74 Å². The van der Waals surface area contributed by atoms with Gasteiger partial charge in [0.1, 0.15) is 0 Å². The van der Waals surface area contributed by atoms with Gasteiger partial charge in [0, 0.05) is 19.4 Å². The molecule has 1 aromatic heterocycles. The van der Waals surface area contributed by atoms with Gasteiger partial charge in [-0.1, -0.05) is 27.7 Å². The second kappa shape index (κ2) is 5.21. The Morgan fingerprint density at radius 2 is 1.82 bits per heavy atom. The van der Waals surface area contributed by atoms with E-state index in [0.717, 1.165) is 26.1 Å². The molecule has 0 amide bonds. The minimum Gasteiger partial charge on any atom is -0.381 e. The fraction of sp³-hybridized carbons (Fsp3) is 0.786. The molecule has 0 aliphatic carbocycles. The van der Waals surface area contributed by atoms with Crippen LogP contribution >= 0.6 is 0 Å². The van der Waals surface area contributed by atoms with Gasteiger partial charge < -0.3 is 4.74 Å². The van der Waals surface area contributed by atoms with Gasteiger partial charge in [-0.25, -0.2) is 0 Å². The van der Waals surface area contributed by atoms with Gasteiger partial charge in [-0.15, -0.1) is 0 Å². The van der Waals surface area contributed by atoms with E-state index in [1.54, 1.807) is 0 Å². The Balaban J connectivity index is 2.26. The van der Waals surface area contributed by atoms with Crippen LogP contribution in [0.3, 0.4) is 0 Å². The SMILES string of the molecule is CC(C)c1cn(C2CCOCC2)nc1C(C)C. The zero-order valence-electron chi connectivity index (χ0n) is 11.4. The molecule has 0 spiro atoms. The number of rotatable bonds is 3. The average molecular weight is 236 g/mol. The van der Waals surface area contributed by atoms with Crippen molar-refractivity contribution in [2.24, 2.45) is 0 Å². The van der Waals surface area contributed by atoms with Gasteiger partial charge in [-0.2, -0.15) is 5.10 Å². The molecule has 1 aliphatic rings. The molecule has 1 aromatic rings. The van der Waals surface area contributed by atoms with E-state index in [4.69, 9.17) is 9.84 Å². The summed E-state index contributed by atoms with van der Waals surface area (Å²) >= 11 is 0. The van der Waals surface area contributed by atoms with Crippen LogP contribution in [-0.4, -0.2) is 23.0 Å². The second-order valence-corrected chi connectivity index (χ2v) is 5.60. The van der Waals surface area contributed by atoms with Gasteiger partial charge in [0.15, 0.2) is 0 Å². The molecule has 3 heteroatoms. The third-order valence-corrected chi connectivity index (χ3v) is 3.52. The molecule has 1 fully saturated rings. The van der Waals surface area contributed by atoms with Crippen molar-refractivity contribution in [2.45, 2.75) is 58.4 Å². The van der Waals surface area contributed by atoms with Gasteiger partial charge in [0.2, 0.25) is 0 Å². The van der Waals surface area contributed by atoms with E-state index in [9.17, 15) is 0 Å². The Kier molecular flexibility index (Phi) is 3.87. The average Bonchev–Trinajstić information content (AvgIpc) is 2.75. The van der Waals surface area contributed by atoms with Crippen LogP contribution in [0.15, 0.2) is 6.20 Å². The predicted molar refractivity (Wildman–Crippen MR) is 69.5 cm³/mol. The van der Waals surface area contributed by atoms with Crippen LogP contribution in [0, 0.1) is 0 Å². The van der Waals surface area contributed by atoms with Gasteiger partial charge in [0.05, 0.1) is 11.7 Å². The maximum atomic E-state index is 5.41. The molecule has 96 valence electrons. The van der Waals surface area contributed by atoms with E-state index < -0.39 is 0 Å². The lowest BCUT2D eigenvalue weighted by molar-refractivity contribution is 0.0661. The molecule has 2 rings (SSSR count). The number of nitrogens with zero attached hydrogens (tertiary/aromatic N) is 2. The molecule has 0 radical (unpaired) electrons. The highest BCUT2D eigenvalue weighted by Gasteiger charge is 2.21. The van der Waals surface area contributed by atoms with Crippen LogP contribution in [0.4, 0.5) is 0 Å². The Bertz CT molecular complexity index is 337. The Labute approximate surface area is 104 Å². The van der Waals surface area contributed by atoms with E-state index >= 15 is 0 Å². The first-order valence-corrected chi connectivity index (χ1v) is 6.76. The Morgan fingerprint density at radius 3 is 2.29 bits per heavy atom. The topological polar surface area (TPSA) is 27.1 Å². The lowest BCUT2D eigenvalue weighted by Gasteiger charge is -2.22. The van der Waals surface area contributed by atoms with Gasteiger partial charge in [-0.05, 0) is 30.2 Å². The van der Waals surface area contributed by atoms with Crippen molar-refractivity contribution in [3.05, 3.63) is 17.5 Å². The van der Waals surface area contributed by atoms with Crippen LogP contribution in [0.1, 0.15) is 69.7 Å². The first kappa shape index (κ1) is 12.6. The molecular formula is C14H24N2O. The van der Waals surface area contributed by atoms with Crippen molar-refractivity contribution in [3.8, 4) is 0 Å². The van der Waals surface area contributed by atoms with Crippen LogP contribution in [0.5, 0.6) is 0 Å². The van der Waals surface area contributed by atoms with Gasteiger partial charge in [-0.3, -0.25) is 4.68 Å². The first-order valence-electron chi connectivity index (χ1n) is 6.76. The zero-order valence-corrected chi connectivity index (χ0v) is 11.4. The lowest BCUT2D eigenvalue weighted by atomic mass is 9.98. The minimum atomic E-state index is 0.508. The zero-order chi connectivity index (χ0) is 12.4. The summed E-state index contributed by atoms with van der Waals surface area (Å²) in [4.78, 5) is 0. The van der Waals surface area contributed by atoms with Crippen molar-refractivity contribution in [2.75, 3.05) is 13.2 Å². The van der Waals surface area contributed by atoms with Gasteiger partial charge >= 0.3 is 0 Å². The van der Waals surface area contributed by atoms with Crippen LogP contribution < -0.4 is 0 Å². The van der Waals surface area contributed by atoms with Crippen LogP contribution in [0.25, 0.3) is 0 Å². The van der Waals surface area contributed by atoms with Crippen LogP contribution in [0.2, 0.25) is 0 Å². The van der Waals surface area contributed by atoms with E-state index in [2.05, 4.69) is 38.6 Å². The van der Waals surface area contributed by atoms with E-state index in [1.165, 1.54) is 11.3 Å². The maximum absolute atomic E-state index is 5.41. The van der Waals surface area contributed by atoms with E-state index in [1.807, 2.05) is 0 Å². The highest BCUT2D eigenvalue weighted by Crippen LogP contribution is 2.28. The molecule has 0 bridgehead atoms. The molecular weight excluding hydrogens is 212 g/mol. The minimum absolute atomic E-state index is 0.508. The highest BCUT2D eigenvalue weighted by atomic mass is 16.5. The number of aromatic nitrogens is 2. The molecule has 3 nitrogen and oxygen atoms in total. The monoisotopic (exact) mass is 236 g/mol. The third-order valence-electron chi connectivity index (χ3n) is 3.52. The van der Waals surface area contributed by atoms with Crippen molar-refractivity contribution in [1.82, 2.24) is 9.78 Å². The van der Waals surface area contributed by atoms with Crippen molar-refractivity contribution >= 4 is 0 Å². The third kappa shape index (κ3) is 2.71. The molecule has 0 saturated carbocycles. The summed E-state index contributed by atoms with van der Waals surface area (Å²) in [5.41, 5.74) is 2.68. The molecule has 1 aliphatic heterocycles. The molecule has 0 unspecified atom stereocenters. The highest BCUT2D eigenvalue weighted by molar-refractivity contribution is 5.23. The smallest absolute Gasteiger partial charge is 0.0684 e. The normalized spacial score (nSPS) is 18.2. The summed E-state index contributed by atoms with van der Waals surface area (Å²) in [7, 11) is 0. The van der Waals surface area contributed by atoms with Crippen molar-refractivity contribution < 1.29 is 4.74 Å². The van der Waals surface area contributed by atoms with E-state index in [-0.39, 0.29) is 0 Å². The van der Waals surface area contributed by atoms with Crippen molar-refractivity contribution in [1.29, 1.82) is 0 Å². The number of hydrogen-bond acceptors (Lipinski definition) is 2. The summed E-state index contributed by atoms with van der Waals surface area (Å²) in [6, 6.07) is 0.536. The largest absolute Gasteiger partial charge is 0.381 e. The fourth-order valence-corrected chi connectivity index (χ4v) is 2.45. The number of ether oxygens (including phenoxy) is 1. The molecule has 17 heavy (non-hydrogen) atoms. The first-order chi connectivity index (χ1) is 8.09. The predicted octanol–water partition coefficient (Wildman–Crippen LogP) is 3.48. The maximum Gasteiger partial charge on any atom is 0.0684 e. The molecule has 0 aromatic carbocycles. The lowest BCUT2D eigenvalue weighted by Crippen LogP contribution is -2.20. The Hall–Kier alpha value is -0.830. The second-order valence-electron chi connectivity index (χ2n) is 5.60. The summed E-state index contributed by atoms with van der Waals surface area (Å²) in [5.74, 6) is 1.06. The Morgan fingerprint density at radius 1 is 1.18 bits per heavy atom. The fourth-order valence-electron chi connectivity index (χ4n) is 2.45. The molecule has 1 saturated heterocycles. The molecule has 0 atom stereocenters. The summed E-state index contributed by atoms with van der Waals surface area (Å²) in [6.45, 7) is 10.7. The summed E-state index contributed by atoms with van der Waals surface area (Å²) < 4.78 is 7.60. The van der Waals surface area contributed by atoms with E-state index in [0.29, 0.717) is 17.9 Å². The molecule has 0 N–H and O–H groups in total.